The standard InChI is InChI=1S/C13H19N3O2S2/c1-10(6-12-4-3-5-19-12)15-20(17,18)13-7-11(8-14)16(2)9-13/h3-5,7,9-10,15H,6,8,14H2,1-2H3. The van der Waals surface area contributed by atoms with E-state index in [4.69, 9.17) is 5.73 Å². The van der Waals surface area contributed by atoms with Crippen LogP contribution in [0.5, 0.6) is 0 Å². The highest BCUT2D eigenvalue weighted by Gasteiger charge is 2.20. The summed E-state index contributed by atoms with van der Waals surface area (Å²) in [6.07, 6.45) is 2.27. The van der Waals surface area contributed by atoms with Crippen LogP contribution in [-0.4, -0.2) is 19.0 Å². The summed E-state index contributed by atoms with van der Waals surface area (Å²) >= 11 is 1.63. The van der Waals surface area contributed by atoms with Gasteiger partial charge in [-0.05, 0) is 30.9 Å². The van der Waals surface area contributed by atoms with Crippen molar-refractivity contribution >= 4 is 21.4 Å². The van der Waals surface area contributed by atoms with Gasteiger partial charge in [0.1, 0.15) is 0 Å². The molecule has 0 aromatic carbocycles. The van der Waals surface area contributed by atoms with Gasteiger partial charge in [-0.3, -0.25) is 0 Å². The van der Waals surface area contributed by atoms with Crippen LogP contribution < -0.4 is 10.5 Å². The van der Waals surface area contributed by atoms with Gasteiger partial charge in [-0.25, -0.2) is 13.1 Å². The molecule has 0 radical (unpaired) electrons. The summed E-state index contributed by atoms with van der Waals surface area (Å²) in [5.41, 5.74) is 6.35. The minimum atomic E-state index is -3.50. The number of rotatable bonds is 6. The maximum Gasteiger partial charge on any atom is 0.242 e. The average molecular weight is 313 g/mol. The third-order valence-electron chi connectivity index (χ3n) is 3.05. The number of sulfonamides is 1. The van der Waals surface area contributed by atoms with E-state index in [1.165, 1.54) is 0 Å². The summed E-state index contributed by atoms with van der Waals surface area (Å²) in [6.45, 7) is 2.18. The van der Waals surface area contributed by atoms with Crippen LogP contribution in [0.2, 0.25) is 0 Å². The molecule has 0 saturated heterocycles. The molecule has 7 heteroatoms. The third kappa shape index (κ3) is 3.49. The summed E-state index contributed by atoms with van der Waals surface area (Å²) in [5.74, 6) is 0. The molecule has 0 fully saturated rings. The van der Waals surface area contributed by atoms with Crippen LogP contribution in [0.4, 0.5) is 0 Å². The van der Waals surface area contributed by atoms with Crippen molar-refractivity contribution in [2.75, 3.05) is 0 Å². The lowest BCUT2D eigenvalue weighted by Crippen LogP contribution is -2.33. The van der Waals surface area contributed by atoms with Crippen molar-refractivity contribution in [3.05, 3.63) is 40.3 Å². The topological polar surface area (TPSA) is 77.1 Å². The Morgan fingerprint density at radius 2 is 2.25 bits per heavy atom. The van der Waals surface area contributed by atoms with Gasteiger partial charge in [0, 0.05) is 36.4 Å². The summed E-state index contributed by atoms with van der Waals surface area (Å²) in [6, 6.07) is 5.43. The Bertz CT molecular complexity index is 660. The average Bonchev–Trinajstić information content (AvgIpc) is 2.97. The van der Waals surface area contributed by atoms with E-state index in [-0.39, 0.29) is 10.9 Å². The lowest BCUT2D eigenvalue weighted by molar-refractivity contribution is 0.560. The number of nitrogens with two attached hydrogens (primary N) is 1. The number of thiophene rings is 1. The van der Waals surface area contributed by atoms with Crippen molar-refractivity contribution in [1.29, 1.82) is 0 Å². The molecule has 1 atom stereocenters. The Hall–Kier alpha value is -1.15. The highest BCUT2D eigenvalue weighted by atomic mass is 32.2. The molecule has 3 N–H and O–H groups in total. The molecule has 0 bridgehead atoms. The van der Waals surface area contributed by atoms with Crippen molar-refractivity contribution in [3.8, 4) is 0 Å². The van der Waals surface area contributed by atoms with E-state index in [1.807, 2.05) is 24.4 Å². The van der Waals surface area contributed by atoms with Gasteiger partial charge in [0.2, 0.25) is 10.0 Å². The van der Waals surface area contributed by atoms with Gasteiger partial charge in [0.25, 0.3) is 0 Å². The van der Waals surface area contributed by atoms with Crippen molar-refractivity contribution in [3.63, 3.8) is 0 Å². The molecule has 0 saturated carbocycles. The SMILES string of the molecule is CC(Cc1cccs1)NS(=O)(=O)c1cc(CN)n(C)c1. The molecule has 1 unspecified atom stereocenters. The molecule has 0 aliphatic heterocycles. The maximum absolute atomic E-state index is 12.3. The molecule has 0 aliphatic carbocycles. The second-order valence-corrected chi connectivity index (χ2v) is 7.53. The van der Waals surface area contributed by atoms with Crippen LogP contribution in [0.1, 0.15) is 17.5 Å². The molecular formula is C13H19N3O2S2. The Kier molecular flexibility index (Phi) is 4.64. The summed E-state index contributed by atoms with van der Waals surface area (Å²) < 4.78 is 29.0. The van der Waals surface area contributed by atoms with E-state index in [1.54, 1.807) is 35.2 Å². The molecular weight excluding hydrogens is 294 g/mol. The first-order valence-electron chi connectivity index (χ1n) is 6.32. The summed E-state index contributed by atoms with van der Waals surface area (Å²) in [4.78, 5) is 1.43. The van der Waals surface area contributed by atoms with Crippen LogP contribution in [0, 0.1) is 0 Å². The van der Waals surface area contributed by atoms with Crippen LogP contribution in [-0.2, 0) is 30.0 Å². The molecule has 0 aliphatic rings. The molecule has 2 rings (SSSR count). The minimum absolute atomic E-state index is 0.153. The van der Waals surface area contributed by atoms with Crippen LogP contribution in [0.15, 0.2) is 34.7 Å². The first kappa shape index (κ1) is 15.2. The molecule has 20 heavy (non-hydrogen) atoms. The van der Waals surface area contributed by atoms with E-state index >= 15 is 0 Å². The normalized spacial score (nSPS) is 13.6. The fourth-order valence-electron chi connectivity index (χ4n) is 2.03. The lowest BCUT2D eigenvalue weighted by Gasteiger charge is -2.12. The van der Waals surface area contributed by atoms with Crippen molar-refractivity contribution in [1.82, 2.24) is 9.29 Å². The van der Waals surface area contributed by atoms with Gasteiger partial charge >= 0.3 is 0 Å². The largest absolute Gasteiger partial charge is 0.352 e. The predicted molar refractivity (Wildman–Crippen MR) is 81.1 cm³/mol. The zero-order valence-electron chi connectivity index (χ0n) is 11.5. The quantitative estimate of drug-likeness (QED) is 0.847. The van der Waals surface area contributed by atoms with Crippen molar-refractivity contribution in [2.24, 2.45) is 12.8 Å². The van der Waals surface area contributed by atoms with E-state index in [2.05, 4.69) is 4.72 Å². The zero-order valence-corrected chi connectivity index (χ0v) is 13.2. The highest BCUT2D eigenvalue weighted by molar-refractivity contribution is 7.89. The molecule has 2 aromatic heterocycles. The number of aromatic nitrogens is 1. The smallest absolute Gasteiger partial charge is 0.242 e. The fraction of sp³-hybridized carbons (Fsp3) is 0.385. The number of nitrogens with one attached hydrogen (secondary N) is 1. The fourth-order valence-corrected chi connectivity index (χ4v) is 4.20. The van der Waals surface area contributed by atoms with Crippen LogP contribution in [0.25, 0.3) is 0 Å². The second kappa shape index (κ2) is 6.09. The van der Waals surface area contributed by atoms with Gasteiger partial charge in [-0.1, -0.05) is 6.07 Å². The number of nitrogens with zero attached hydrogens (tertiary/aromatic N) is 1. The van der Waals surface area contributed by atoms with E-state index in [9.17, 15) is 8.42 Å². The Labute approximate surface area is 123 Å². The third-order valence-corrected chi connectivity index (χ3v) is 5.50. The van der Waals surface area contributed by atoms with Gasteiger partial charge < -0.3 is 10.3 Å². The monoisotopic (exact) mass is 313 g/mol. The van der Waals surface area contributed by atoms with Crippen LogP contribution >= 0.6 is 11.3 Å². The van der Waals surface area contributed by atoms with Gasteiger partial charge in [-0.15, -0.1) is 11.3 Å². The molecule has 110 valence electrons. The number of hydrogen-bond acceptors (Lipinski definition) is 4. The molecule has 2 heterocycles. The first-order chi connectivity index (χ1) is 9.42. The summed E-state index contributed by atoms with van der Waals surface area (Å²) in [7, 11) is -1.71. The second-order valence-electron chi connectivity index (χ2n) is 4.79. The highest BCUT2D eigenvalue weighted by Crippen LogP contribution is 2.15. The van der Waals surface area contributed by atoms with Crippen molar-refractivity contribution in [2.45, 2.75) is 30.8 Å². The molecule has 0 amide bonds. The van der Waals surface area contributed by atoms with E-state index in [0.29, 0.717) is 13.0 Å². The Morgan fingerprint density at radius 3 is 2.80 bits per heavy atom. The first-order valence-corrected chi connectivity index (χ1v) is 8.68. The lowest BCUT2D eigenvalue weighted by atomic mass is 10.2. The number of hydrogen-bond donors (Lipinski definition) is 2. The number of aryl methyl sites for hydroxylation is 1. The Morgan fingerprint density at radius 1 is 1.50 bits per heavy atom. The van der Waals surface area contributed by atoms with Crippen molar-refractivity contribution < 1.29 is 8.42 Å². The van der Waals surface area contributed by atoms with Gasteiger partial charge in [0.05, 0.1) is 4.90 Å². The summed E-state index contributed by atoms with van der Waals surface area (Å²) in [5, 5.41) is 1.99. The maximum atomic E-state index is 12.3. The molecule has 2 aromatic rings. The van der Waals surface area contributed by atoms with Gasteiger partial charge in [0.15, 0.2) is 0 Å². The van der Waals surface area contributed by atoms with E-state index in [0.717, 1.165) is 10.6 Å². The van der Waals surface area contributed by atoms with Crippen LogP contribution in [0.3, 0.4) is 0 Å². The zero-order chi connectivity index (χ0) is 14.8. The molecule has 5 nitrogen and oxygen atoms in total. The van der Waals surface area contributed by atoms with E-state index < -0.39 is 10.0 Å². The minimum Gasteiger partial charge on any atom is -0.352 e. The van der Waals surface area contributed by atoms with Gasteiger partial charge in [-0.2, -0.15) is 0 Å². The Balaban J connectivity index is 2.10. The predicted octanol–water partition coefficient (Wildman–Crippen LogP) is 1.45. The molecule has 0 spiro atoms.